The Labute approximate surface area is 190 Å². The summed E-state index contributed by atoms with van der Waals surface area (Å²) in [6, 6.07) is 5.84. The fourth-order valence-electron chi connectivity index (χ4n) is 4.81. The molecule has 172 valence electrons. The highest BCUT2D eigenvalue weighted by atomic mass is 16.2. The van der Waals surface area contributed by atoms with E-state index in [2.05, 4.69) is 29.2 Å². The van der Waals surface area contributed by atoms with E-state index in [1.54, 1.807) is 22.0 Å². The van der Waals surface area contributed by atoms with E-state index in [1.807, 2.05) is 25.1 Å². The van der Waals surface area contributed by atoms with Gasteiger partial charge in [0.15, 0.2) is 0 Å². The van der Waals surface area contributed by atoms with Gasteiger partial charge in [0, 0.05) is 25.0 Å². The van der Waals surface area contributed by atoms with Crippen molar-refractivity contribution in [3.63, 3.8) is 0 Å². The van der Waals surface area contributed by atoms with Crippen LogP contribution in [-0.4, -0.2) is 43.1 Å². The summed E-state index contributed by atoms with van der Waals surface area (Å²) in [5.41, 5.74) is 1.30. The lowest BCUT2D eigenvalue weighted by Crippen LogP contribution is -2.64. The van der Waals surface area contributed by atoms with Crippen molar-refractivity contribution < 1.29 is 9.59 Å². The van der Waals surface area contributed by atoms with E-state index in [-0.39, 0.29) is 23.8 Å². The smallest absolute Gasteiger partial charge is 0.273 e. The van der Waals surface area contributed by atoms with Crippen molar-refractivity contribution in [1.82, 2.24) is 25.0 Å². The van der Waals surface area contributed by atoms with Crippen LogP contribution in [0.1, 0.15) is 93.4 Å². The summed E-state index contributed by atoms with van der Waals surface area (Å²) in [6.07, 6.45) is 11.5. The number of carbonyl (C=O) groups is 2. The Balaban J connectivity index is 1.64. The molecule has 0 radical (unpaired) electrons. The van der Waals surface area contributed by atoms with Crippen molar-refractivity contribution in [3.05, 3.63) is 47.5 Å². The van der Waals surface area contributed by atoms with Crippen molar-refractivity contribution in [2.75, 3.05) is 0 Å². The Bertz CT molecular complexity index is 946. The maximum Gasteiger partial charge on any atom is 0.273 e. The summed E-state index contributed by atoms with van der Waals surface area (Å²) < 4.78 is 1.73. The summed E-state index contributed by atoms with van der Waals surface area (Å²) in [4.78, 5) is 33.3. The van der Waals surface area contributed by atoms with Crippen LogP contribution in [0, 0.1) is 0 Å². The van der Waals surface area contributed by atoms with Crippen LogP contribution in [0.2, 0.25) is 0 Å². The second-order valence-electron chi connectivity index (χ2n) is 9.81. The molecule has 7 heteroatoms. The molecule has 2 aliphatic rings. The number of fused-ring (bicyclic) bond motifs is 1. The Morgan fingerprint density at radius 2 is 1.94 bits per heavy atom. The molecule has 32 heavy (non-hydrogen) atoms. The van der Waals surface area contributed by atoms with E-state index in [4.69, 9.17) is 0 Å². The number of hydrogen-bond acceptors (Lipinski definition) is 4. The fraction of sp³-hybridized carbons (Fsp3) is 0.600. The number of hydrogen-bond donors (Lipinski definition) is 1. The van der Waals surface area contributed by atoms with E-state index in [1.165, 1.54) is 19.3 Å². The van der Waals surface area contributed by atoms with Gasteiger partial charge < -0.3 is 10.2 Å². The lowest BCUT2D eigenvalue weighted by Gasteiger charge is -2.44. The molecular formula is C25H35N5O2. The molecule has 2 aromatic rings. The van der Waals surface area contributed by atoms with E-state index in [0.29, 0.717) is 18.8 Å². The lowest BCUT2D eigenvalue weighted by molar-refractivity contribution is -0.134. The van der Waals surface area contributed by atoms with E-state index >= 15 is 0 Å². The van der Waals surface area contributed by atoms with Crippen LogP contribution in [0.3, 0.4) is 0 Å². The molecule has 0 aromatic carbocycles. The first-order chi connectivity index (χ1) is 15.4. The maximum absolute atomic E-state index is 13.7. The Morgan fingerprint density at radius 3 is 2.59 bits per heavy atom. The Hall–Kier alpha value is -2.70. The number of nitrogens with one attached hydrogen (secondary N) is 1. The summed E-state index contributed by atoms with van der Waals surface area (Å²) in [7, 11) is 0. The quantitative estimate of drug-likeness (QED) is 0.765. The Kier molecular flexibility index (Phi) is 6.63. The molecule has 0 spiro atoms. The van der Waals surface area contributed by atoms with Crippen molar-refractivity contribution in [1.29, 1.82) is 0 Å². The van der Waals surface area contributed by atoms with Crippen LogP contribution in [0.5, 0.6) is 0 Å². The first-order valence-electron chi connectivity index (χ1n) is 12.0. The van der Waals surface area contributed by atoms with E-state index < -0.39 is 5.54 Å². The average molecular weight is 438 g/mol. The van der Waals surface area contributed by atoms with Gasteiger partial charge in [-0.3, -0.25) is 19.3 Å². The molecule has 1 atom stereocenters. The van der Waals surface area contributed by atoms with E-state index in [0.717, 1.165) is 36.9 Å². The van der Waals surface area contributed by atoms with Crippen molar-refractivity contribution >= 4 is 11.8 Å². The van der Waals surface area contributed by atoms with Crippen LogP contribution in [0.25, 0.3) is 0 Å². The molecule has 2 amide bonds. The van der Waals surface area contributed by atoms with Crippen molar-refractivity contribution in [2.24, 2.45) is 0 Å². The third-order valence-electron chi connectivity index (χ3n) is 6.90. The highest BCUT2D eigenvalue weighted by molar-refractivity contribution is 5.99. The zero-order valence-corrected chi connectivity index (χ0v) is 19.5. The van der Waals surface area contributed by atoms with Gasteiger partial charge in [-0.2, -0.15) is 5.10 Å². The topological polar surface area (TPSA) is 80.1 Å². The molecule has 4 rings (SSSR count). The fourth-order valence-corrected chi connectivity index (χ4v) is 4.81. The van der Waals surface area contributed by atoms with Gasteiger partial charge in [-0.25, -0.2) is 0 Å². The summed E-state index contributed by atoms with van der Waals surface area (Å²) in [5, 5.41) is 7.98. The lowest BCUT2D eigenvalue weighted by atomic mass is 9.92. The van der Waals surface area contributed by atoms with Crippen LogP contribution in [-0.2, 0) is 17.9 Å². The second-order valence-corrected chi connectivity index (χ2v) is 9.81. The predicted molar refractivity (Wildman–Crippen MR) is 123 cm³/mol. The number of aromatic nitrogens is 3. The normalized spacial score (nSPS) is 22.4. The summed E-state index contributed by atoms with van der Waals surface area (Å²) in [6.45, 7) is 6.68. The molecule has 0 bridgehead atoms. The molecule has 1 aliphatic heterocycles. The average Bonchev–Trinajstić information content (AvgIpc) is 3.18. The highest BCUT2D eigenvalue weighted by Gasteiger charge is 2.48. The van der Waals surface area contributed by atoms with Crippen molar-refractivity contribution in [3.8, 4) is 0 Å². The number of rotatable bonds is 5. The van der Waals surface area contributed by atoms with Gasteiger partial charge in [-0.15, -0.1) is 0 Å². The molecule has 1 N–H and O–H groups in total. The van der Waals surface area contributed by atoms with Crippen LogP contribution < -0.4 is 5.32 Å². The molecule has 1 saturated carbocycles. The molecule has 2 aromatic heterocycles. The molecule has 1 fully saturated rings. The molecule has 0 unspecified atom stereocenters. The predicted octanol–water partition coefficient (Wildman–Crippen LogP) is 4.05. The van der Waals surface area contributed by atoms with Gasteiger partial charge >= 0.3 is 0 Å². The summed E-state index contributed by atoms with van der Waals surface area (Å²) >= 11 is 0. The standard InChI is InChI=1S/C25H35N5O2/c1-18(2)21-14-22-23(31)29(16-19-10-9-13-26-15-19)25(3,17-30(22)28-21)24(32)27-20-11-7-5-4-6-8-12-20/h9-10,13-15,18,20H,4-8,11-12,16-17H2,1-3H3,(H,27,32)/t25-/m1/s1. The summed E-state index contributed by atoms with van der Waals surface area (Å²) in [5.74, 6) is -0.0370. The molecule has 7 nitrogen and oxygen atoms in total. The monoisotopic (exact) mass is 437 g/mol. The molecule has 3 heterocycles. The van der Waals surface area contributed by atoms with Gasteiger partial charge in [0.05, 0.1) is 12.2 Å². The number of nitrogens with zero attached hydrogens (tertiary/aromatic N) is 4. The minimum Gasteiger partial charge on any atom is -0.351 e. The van der Waals surface area contributed by atoms with Gasteiger partial charge in [0.25, 0.3) is 5.91 Å². The SMILES string of the molecule is CC(C)c1cc2n(n1)C[C@](C)(C(=O)NC1CCCCCCC1)N(Cc1cccnc1)C2=O. The Morgan fingerprint density at radius 1 is 1.22 bits per heavy atom. The minimum atomic E-state index is -1.03. The zero-order chi connectivity index (χ0) is 22.7. The minimum absolute atomic E-state index is 0.0902. The van der Waals surface area contributed by atoms with E-state index in [9.17, 15) is 9.59 Å². The first-order valence-corrected chi connectivity index (χ1v) is 12.0. The number of pyridine rings is 1. The van der Waals surface area contributed by atoms with Gasteiger partial charge in [0.2, 0.25) is 5.91 Å². The third-order valence-corrected chi connectivity index (χ3v) is 6.90. The first kappa shape index (κ1) is 22.5. The van der Waals surface area contributed by atoms with Gasteiger partial charge in [0.1, 0.15) is 11.2 Å². The van der Waals surface area contributed by atoms with Crippen LogP contribution in [0.15, 0.2) is 30.6 Å². The third kappa shape index (κ3) is 4.57. The van der Waals surface area contributed by atoms with Crippen LogP contribution in [0.4, 0.5) is 0 Å². The zero-order valence-electron chi connectivity index (χ0n) is 19.5. The van der Waals surface area contributed by atoms with Crippen LogP contribution >= 0.6 is 0 Å². The molecule has 0 saturated heterocycles. The highest BCUT2D eigenvalue weighted by Crippen LogP contribution is 2.31. The van der Waals surface area contributed by atoms with Crippen molar-refractivity contribution in [2.45, 2.75) is 96.3 Å². The second kappa shape index (κ2) is 9.43. The molecular weight excluding hydrogens is 402 g/mol. The van der Waals surface area contributed by atoms with Gasteiger partial charge in [-0.1, -0.05) is 52.0 Å². The number of carbonyl (C=O) groups excluding carboxylic acids is 2. The number of amides is 2. The maximum atomic E-state index is 13.7. The van der Waals surface area contributed by atoms with Gasteiger partial charge in [-0.05, 0) is 43.4 Å². The molecule has 1 aliphatic carbocycles. The largest absolute Gasteiger partial charge is 0.351 e.